The van der Waals surface area contributed by atoms with Crippen LogP contribution in [0.2, 0.25) is 0 Å². The number of ether oxygens (including phenoxy) is 1. The first-order valence-corrected chi connectivity index (χ1v) is 42.0. The number of thioether (sulfide) groups is 1. The average molecular weight is 1780 g/mol. The smallest absolute Gasteiger partial charge is 0.303 e. The highest BCUT2D eigenvalue weighted by Crippen LogP contribution is 2.24. The Labute approximate surface area is 729 Å². The van der Waals surface area contributed by atoms with E-state index in [2.05, 4.69) is 79.4 Å². The lowest BCUT2D eigenvalue weighted by Gasteiger charge is -2.34. The van der Waals surface area contributed by atoms with E-state index in [1.807, 2.05) is 6.07 Å². The molecule has 5 aromatic rings. The van der Waals surface area contributed by atoms with E-state index >= 15 is 28.8 Å². The number of nitrogens with two attached hydrogens (primary N) is 5. The van der Waals surface area contributed by atoms with Gasteiger partial charge in [-0.05, 0) is 136 Å². The summed E-state index contributed by atoms with van der Waals surface area (Å²) in [5.41, 5.74) is 27.8. The van der Waals surface area contributed by atoms with Crippen LogP contribution in [-0.4, -0.2) is 244 Å². The van der Waals surface area contributed by atoms with Gasteiger partial charge in [-0.15, -0.1) is 0 Å². The number of carbonyl (C=O) groups excluding carboxylic acids is 18. The molecule has 1 aromatic heterocycles. The zero-order chi connectivity index (χ0) is 92.9. The van der Waals surface area contributed by atoms with Crippen molar-refractivity contribution in [2.24, 2.45) is 28.7 Å². The van der Waals surface area contributed by atoms with Crippen LogP contribution in [0, 0.1) is 0 Å². The highest BCUT2D eigenvalue weighted by molar-refractivity contribution is 7.99. The monoisotopic (exact) mass is 1770 g/mol. The van der Waals surface area contributed by atoms with Crippen molar-refractivity contribution in [1.29, 1.82) is 0 Å². The summed E-state index contributed by atoms with van der Waals surface area (Å²) in [6.45, 7) is 4.13. The molecule has 1 saturated heterocycles. The van der Waals surface area contributed by atoms with E-state index in [4.69, 9.17) is 38.5 Å². The predicted octanol–water partition coefficient (Wildman–Crippen LogP) is -4.59. The summed E-state index contributed by atoms with van der Waals surface area (Å²) in [6.07, 6.45) is -5.21. The minimum Gasteiger partial charge on any atom is -0.497 e. The van der Waals surface area contributed by atoms with E-state index in [-0.39, 0.29) is 89.0 Å². The molecular formula is C83H114N20O22S. The molecule has 1 aliphatic rings. The number of primary amides is 4. The summed E-state index contributed by atoms with van der Waals surface area (Å²) in [5.74, 6) is -19.7. The van der Waals surface area contributed by atoms with Crippen LogP contribution < -0.4 is 108 Å². The first-order chi connectivity index (χ1) is 59.8. The molecule has 6 rings (SSSR count). The van der Waals surface area contributed by atoms with Gasteiger partial charge in [-0.3, -0.25) is 91.1 Å². The number of para-hydroxylation sites is 1. The fourth-order valence-corrected chi connectivity index (χ4v) is 14.6. The maximum absolute atomic E-state index is 15.8. The van der Waals surface area contributed by atoms with E-state index in [0.717, 1.165) is 31.0 Å². The van der Waals surface area contributed by atoms with Gasteiger partial charge in [-0.25, -0.2) is 0 Å². The number of fused-ring (bicyclic) bond motifs is 2. The molecule has 126 heavy (non-hydrogen) atoms. The molecule has 0 aliphatic carbocycles. The summed E-state index contributed by atoms with van der Waals surface area (Å²) in [5, 5.41) is 57.9. The Morgan fingerprint density at radius 3 is 1.82 bits per heavy atom. The van der Waals surface area contributed by atoms with Crippen molar-refractivity contribution in [3.05, 3.63) is 114 Å². The number of aliphatic carboxylic acids is 1. The number of carbonyl (C=O) groups is 19. The number of aliphatic hydroxyl groups is 1. The number of aromatic amines is 1. The number of H-pyrrole nitrogens is 1. The first kappa shape index (κ1) is 101. The van der Waals surface area contributed by atoms with Gasteiger partial charge in [-0.1, -0.05) is 72.8 Å². The summed E-state index contributed by atoms with van der Waals surface area (Å²) in [7, 11) is 1.40. The number of aliphatic hydroxyl groups excluding tert-OH is 1. The number of carboxylic acids is 1. The maximum Gasteiger partial charge on any atom is 0.303 e. The number of rotatable bonds is 44. The Hall–Kier alpha value is -13.3. The fourth-order valence-electron chi connectivity index (χ4n) is 13.6. The van der Waals surface area contributed by atoms with E-state index in [9.17, 15) is 67.4 Å². The largest absolute Gasteiger partial charge is 0.497 e. The molecule has 1 fully saturated rings. The molecule has 13 atom stereocenters. The Kier molecular flexibility index (Phi) is 40.6. The van der Waals surface area contributed by atoms with Gasteiger partial charge in [0, 0.05) is 81.8 Å². The van der Waals surface area contributed by atoms with Crippen molar-refractivity contribution < 1.29 is 106 Å². The second-order valence-electron chi connectivity index (χ2n) is 30.7. The summed E-state index contributed by atoms with van der Waals surface area (Å²) in [6, 6.07) is 6.78. The molecule has 1 aliphatic heterocycles. The third kappa shape index (κ3) is 33.7. The number of amides is 18. The molecule has 0 spiro atoms. The molecule has 2 heterocycles. The topological polar surface area (TPSA) is 688 Å². The number of hydrogen-bond acceptors (Lipinski definition) is 23. The van der Waals surface area contributed by atoms with Gasteiger partial charge in [0.1, 0.15) is 77.7 Å². The van der Waals surface area contributed by atoms with Gasteiger partial charge in [0.25, 0.3) is 0 Å². The Balaban J connectivity index is 1.43. The minimum absolute atomic E-state index is 0.0905. The van der Waals surface area contributed by atoms with Gasteiger partial charge in [-0.2, -0.15) is 11.8 Å². The molecular weight excluding hydrogens is 1660 g/mol. The average Bonchev–Trinajstić information content (AvgIpc) is 1.45. The van der Waals surface area contributed by atoms with Gasteiger partial charge in [0.2, 0.25) is 106 Å². The number of unbranched alkanes of at least 4 members (excludes halogenated alkanes) is 2. The van der Waals surface area contributed by atoms with Crippen LogP contribution in [0.1, 0.15) is 134 Å². The number of nitrogens with one attached hydrogen (secondary N) is 15. The van der Waals surface area contributed by atoms with E-state index < -0.39 is 242 Å². The summed E-state index contributed by atoms with van der Waals surface area (Å²) < 4.78 is 5.42. The zero-order valence-corrected chi connectivity index (χ0v) is 71.4. The van der Waals surface area contributed by atoms with Crippen molar-refractivity contribution in [3.8, 4) is 5.75 Å². The van der Waals surface area contributed by atoms with Crippen molar-refractivity contribution in [3.63, 3.8) is 0 Å². The third-order valence-electron chi connectivity index (χ3n) is 20.4. The summed E-state index contributed by atoms with van der Waals surface area (Å²) >= 11 is 0.916. The minimum atomic E-state index is -2.06. The molecule has 0 bridgehead atoms. The van der Waals surface area contributed by atoms with Crippen molar-refractivity contribution in [1.82, 2.24) is 79.4 Å². The third-order valence-corrected chi connectivity index (χ3v) is 21.5. The van der Waals surface area contributed by atoms with E-state index in [1.54, 1.807) is 91.1 Å². The number of methoxy groups -OCH3 is 1. The van der Waals surface area contributed by atoms with Crippen LogP contribution in [-0.2, 0) is 110 Å². The van der Waals surface area contributed by atoms with Gasteiger partial charge in [0.15, 0.2) is 0 Å². The number of hydrogen-bond donors (Lipinski definition) is 22. The number of aromatic nitrogens is 1. The SMILES string of the molecule is COc1ccc(C[C@H](NC(=O)[C@@H]2CSCC[C@H](NC(C)=O)C(=O)N[C@@H](CCC(N)=O)C(=O)N[C@@H]([C@@H](C)O)C(=O)N[C@@H](Cc3c[nH]c4ccccc34)C(=O)N[C@@H](CCC(N)=O)C(=O)N2)C(=O)N[C@@H](Cc2ccc3ccccc3c2)C(=O)N[C@@](C)(CCCCN)C(=O)N[C@@H](CCCCNC(C)=O)C(=O)N[C@@H](CC(N)=O)C(=O)NCC(=O)N[C@@H](CCC(=O)O)C(N)=O)cc1. The standard InChI is InChI=1S/C83H114N20O22S/c1-44(104)70-81(123)99-62(39-51-41-90-54-17-9-8-16-53(51)54)78(120)95-57(25-28-65(85)107)74(116)100-64(43-126-35-31-59(92-46(3)106)75(117)94-58(76(118)102-70)26-29-66(86)108)79(121)96-60(37-47-20-23-52(125-5)24-21-47)77(119)97-61(38-48-19-22-49-14-6-7-15-50(49)36-48)80(122)103-83(4,32-11-12-33-84)82(124)101-56(18-10-13-34-89-45(2)105)73(115)98-63(40-67(87)109)72(114)91-42-68(110)93-55(71(88)113)27-30-69(111)112/h6-9,14-17,19-24,36,41,44,55-64,70,90,104H,10-13,18,25-35,37-40,42-43,84H2,1-5H3,(H2,85,107)(H2,86,108)(H2,87,109)(H2,88,113)(H,89,105)(H,91,114)(H,92,106)(H,93,110)(H,94,117)(H,95,120)(H,96,121)(H,97,119)(H,98,115)(H,99,123)(H,100,116)(H,101,124)(H,102,118)(H,103,122)(H,111,112)/t44-,55+,56+,57+,58+,59+,60+,61+,62+,63+,64+,70+,83+/m1/s1. The van der Waals surface area contributed by atoms with Gasteiger partial charge in [0.05, 0.1) is 26.2 Å². The van der Waals surface area contributed by atoms with Crippen LogP contribution in [0.5, 0.6) is 5.75 Å². The molecule has 0 saturated carbocycles. The normalized spacial score (nSPS) is 18.5. The highest BCUT2D eigenvalue weighted by atomic mass is 32.2. The zero-order valence-electron chi connectivity index (χ0n) is 70.6. The molecule has 42 nitrogen and oxygen atoms in total. The lowest BCUT2D eigenvalue weighted by atomic mass is 9.91. The molecule has 18 amide bonds. The van der Waals surface area contributed by atoms with Gasteiger partial charge >= 0.3 is 5.97 Å². The number of benzene rings is 4. The van der Waals surface area contributed by atoms with Gasteiger partial charge < -0.3 is 123 Å². The number of carboxylic acid groups (broad SMARTS) is 1. The fraction of sp³-hybridized carbons (Fsp3) is 0.482. The van der Waals surface area contributed by atoms with Crippen LogP contribution in [0.25, 0.3) is 21.7 Å². The lowest BCUT2D eigenvalue weighted by molar-refractivity contribution is -0.138. The van der Waals surface area contributed by atoms with Crippen LogP contribution in [0.4, 0.5) is 0 Å². The van der Waals surface area contributed by atoms with Crippen molar-refractivity contribution >= 4 is 146 Å². The van der Waals surface area contributed by atoms with Crippen LogP contribution in [0.3, 0.4) is 0 Å². The van der Waals surface area contributed by atoms with Crippen molar-refractivity contribution in [2.75, 3.05) is 38.2 Å². The van der Waals surface area contributed by atoms with Crippen molar-refractivity contribution in [2.45, 2.75) is 215 Å². The molecule has 43 heteroatoms. The molecule has 27 N–H and O–H groups in total. The van der Waals surface area contributed by atoms with E-state index in [1.165, 1.54) is 21.0 Å². The second-order valence-corrected chi connectivity index (χ2v) is 31.8. The first-order valence-electron chi connectivity index (χ1n) is 40.9. The second kappa shape index (κ2) is 50.4. The Bertz CT molecular complexity index is 4740. The van der Waals surface area contributed by atoms with E-state index in [0.29, 0.717) is 38.7 Å². The summed E-state index contributed by atoms with van der Waals surface area (Å²) in [4.78, 5) is 266. The Morgan fingerprint density at radius 1 is 0.587 bits per heavy atom. The van der Waals surface area contributed by atoms with Crippen LogP contribution in [0.15, 0.2) is 97.2 Å². The lowest BCUT2D eigenvalue weighted by Crippen LogP contribution is -2.64. The van der Waals surface area contributed by atoms with Crippen LogP contribution >= 0.6 is 11.8 Å². The quantitative estimate of drug-likeness (QED) is 0.0163. The predicted molar refractivity (Wildman–Crippen MR) is 459 cm³/mol. The molecule has 0 unspecified atom stereocenters. The molecule has 4 aromatic carbocycles. The Morgan fingerprint density at radius 2 is 1.19 bits per heavy atom. The maximum atomic E-state index is 15.8. The highest BCUT2D eigenvalue weighted by Gasteiger charge is 2.42. The molecule has 684 valence electrons. The molecule has 0 radical (unpaired) electrons.